The van der Waals surface area contributed by atoms with Crippen LogP contribution in [0.25, 0.3) is 0 Å². The highest BCUT2D eigenvalue weighted by Gasteiger charge is 2.35. The molecule has 1 aliphatic heterocycles. The van der Waals surface area contributed by atoms with E-state index in [4.69, 9.17) is 14.2 Å². The van der Waals surface area contributed by atoms with Crippen molar-refractivity contribution in [3.63, 3.8) is 0 Å². The summed E-state index contributed by atoms with van der Waals surface area (Å²) in [6.45, 7) is 0.312. The fourth-order valence-corrected chi connectivity index (χ4v) is 3.46. The van der Waals surface area contributed by atoms with Crippen molar-refractivity contribution in [2.75, 3.05) is 32.8 Å². The Morgan fingerprint density at radius 2 is 1.77 bits per heavy atom. The van der Waals surface area contributed by atoms with Gasteiger partial charge in [0.15, 0.2) is 11.5 Å². The minimum Gasteiger partial charge on any atom is -0.493 e. The fraction of sp³-hybridized carbons (Fsp3) is 0.286. The second-order valence-electron chi connectivity index (χ2n) is 6.57. The van der Waals surface area contributed by atoms with Crippen LogP contribution in [0.2, 0.25) is 0 Å². The number of rotatable bonds is 7. The number of nitrogens with zero attached hydrogens (tertiary/aromatic N) is 2. The number of carbonyl (C=O) groups is 2. The Morgan fingerprint density at radius 3 is 2.33 bits per heavy atom. The van der Waals surface area contributed by atoms with E-state index in [1.54, 1.807) is 17.0 Å². The molecule has 0 aliphatic carbocycles. The first kappa shape index (κ1) is 21.6. The first-order valence-corrected chi connectivity index (χ1v) is 9.95. The van der Waals surface area contributed by atoms with Crippen molar-refractivity contribution in [2.24, 2.45) is 11.0 Å². The van der Waals surface area contributed by atoms with Gasteiger partial charge in [0.1, 0.15) is 0 Å². The van der Waals surface area contributed by atoms with E-state index in [1.807, 2.05) is 24.3 Å². The average Bonchev–Trinajstić information content (AvgIpc) is 3.15. The second-order valence-corrected chi connectivity index (χ2v) is 7.49. The molecule has 8 nitrogen and oxygen atoms in total. The molecule has 0 unspecified atom stereocenters. The third-order valence-electron chi connectivity index (χ3n) is 4.71. The van der Waals surface area contributed by atoms with Crippen molar-refractivity contribution in [1.82, 2.24) is 5.43 Å². The van der Waals surface area contributed by atoms with Gasteiger partial charge in [0.2, 0.25) is 17.6 Å². The predicted octanol–water partition coefficient (Wildman–Crippen LogP) is 2.98. The molecule has 1 heterocycles. The van der Waals surface area contributed by atoms with E-state index in [9.17, 15) is 9.59 Å². The molecule has 0 radical (unpaired) electrons. The highest BCUT2D eigenvalue weighted by Crippen LogP contribution is 2.37. The lowest BCUT2D eigenvalue weighted by atomic mass is 10.1. The van der Waals surface area contributed by atoms with Gasteiger partial charge in [-0.1, -0.05) is 15.9 Å². The molecule has 2 aromatic carbocycles. The van der Waals surface area contributed by atoms with Crippen LogP contribution in [0.4, 0.5) is 5.69 Å². The van der Waals surface area contributed by atoms with Gasteiger partial charge in [-0.05, 0) is 36.4 Å². The molecule has 2 aromatic rings. The number of hydrogen-bond donors (Lipinski definition) is 1. The molecule has 3 rings (SSSR count). The molecule has 0 bridgehead atoms. The Bertz CT molecular complexity index is 937. The van der Waals surface area contributed by atoms with Crippen LogP contribution in [-0.2, 0) is 9.59 Å². The van der Waals surface area contributed by atoms with E-state index in [0.29, 0.717) is 29.4 Å². The van der Waals surface area contributed by atoms with E-state index >= 15 is 0 Å². The number of anilines is 1. The molecule has 30 heavy (non-hydrogen) atoms. The lowest BCUT2D eigenvalue weighted by Crippen LogP contribution is -2.30. The third kappa shape index (κ3) is 4.73. The van der Waals surface area contributed by atoms with Crippen molar-refractivity contribution < 1.29 is 23.8 Å². The Hall–Kier alpha value is -3.07. The molecule has 0 spiro atoms. The summed E-state index contributed by atoms with van der Waals surface area (Å²) in [6.07, 6.45) is 1.62. The van der Waals surface area contributed by atoms with Crippen LogP contribution in [-0.4, -0.2) is 45.9 Å². The van der Waals surface area contributed by atoms with Gasteiger partial charge in [-0.25, -0.2) is 5.43 Å². The van der Waals surface area contributed by atoms with Crippen LogP contribution < -0.4 is 24.5 Å². The van der Waals surface area contributed by atoms with Gasteiger partial charge in [-0.3, -0.25) is 9.59 Å². The summed E-state index contributed by atoms with van der Waals surface area (Å²) < 4.78 is 16.8. The number of benzene rings is 2. The maximum atomic E-state index is 12.5. The second kappa shape index (κ2) is 9.62. The minimum absolute atomic E-state index is 0.0916. The van der Waals surface area contributed by atoms with Crippen LogP contribution in [0.1, 0.15) is 12.0 Å². The van der Waals surface area contributed by atoms with Crippen molar-refractivity contribution in [3.8, 4) is 17.2 Å². The molecule has 1 saturated heterocycles. The fourth-order valence-electron chi connectivity index (χ4n) is 3.19. The van der Waals surface area contributed by atoms with Crippen molar-refractivity contribution in [2.45, 2.75) is 6.42 Å². The summed E-state index contributed by atoms with van der Waals surface area (Å²) in [4.78, 5) is 26.4. The van der Waals surface area contributed by atoms with Crippen LogP contribution >= 0.6 is 15.9 Å². The zero-order valence-corrected chi connectivity index (χ0v) is 18.4. The molecule has 9 heteroatoms. The van der Waals surface area contributed by atoms with Gasteiger partial charge < -0.3 is 19.1 Å². The lowest BCUT2D eigenvalue weighted by molar-refractivity contribution is -0.126. The van der Waals surface area contributed by atoms with Crippen LogP contribution in [0, 0.1) is 5.92 Å². The van der Waals surface area contributed by atoms with Crippen LogP contribution in [0.3, 0.4) is 0 Å². The zero-order chi connectivity index (χ0) is 21.7. The highest BCUT2D eigenvalue weighted by atomic mass is 79.9. The molecule has 0 aromatic heterocycles. The standard InChI is InChI=1S/C21H22BrN3O5/c1-28-17-8-13(9-18(29-2)20(17)30-3)11-23-24-21(27)14-10-19(26)25(12-14)16-6-4-15(22)5-7-16/h4-9,11,14H,10,12H2,1-3H3,(H,24,27)/b23-11-/t14-/m0/s1. The lowest BCUT2D eigenvalue weighted by Gasteiger charge is -2.16. The molecular formula is C21H22BrN3O5. The van der Waals surface area contributed by atoms with Crippen LogP contribution in [0.15, 0.2) is 46.0 Å². The van der Waals surface area contributed by atoms with Gasteiger partial charge in [0, 0.05) is 28.7 Å². The van der Waals surface area contributed by atoms with E-state index in [0.717, 1.165) is 10.2 Å². The summed E-state index contributed by atoms with van der Waals surface area (Å²) in [5.74, 6) is 0.557. The summed E-state index contributed by atoms with van der Waals surface area (Å²) >= 11 is 3.37. The molecule has 0 saturated carbocycles. The quantitative estimate of drug-likeness (QED) is 0.491. The Balaban J connectivity index is 1.65. The van der Waals surface area contributed by atoms with Gasteiger partial charge >= 0.3 is 0 Å². The third-order valence-corrected chi connectivity index (χ3v) is 5.24. The molecule has 1 atom stereocenters. The Labute approximate surface area is 182 Å². The SMILES string of the molecule is COc1cc(/C=N\NC(=O)[C@H]2CC(=O)N(c3ccc(Br)cc3)C2)cc(OC)c1OC. The normalized spacial score (nSPS) is 16.1. The maximum Gasteiger partial charge on any atom is 0.245 e. The Morgan fingerprint density at radius 1 is 1.13 bits per heavy atom. The summed E-state index contributed by atoms with van der Waals surface area (Å²) in [7, 11) is 4.57. The van der Waals surface area contributed by atoms with Gasteiger partial charge in [-0.2, -0.15) is 5.10 Å². The number of halogens is 1. The molecule has 1 N–H and O–H groups in total. The molecule has 1 fully saturated rings. The predicted molar refractivity (Wildman–Crippen MR) is 116 cm³/mol. The number of nitrogens with one attached hydrogen (secondary N) is 1. The molecule has 158 valence electrons. The number of carbonyl (C=O) groups excluding carboxylic acids is 2. The first-order valence-electron chi connectivity index (χ1n) is 9.15. The van der Waals surface area contributed by atoms with Gasteiger partial charge in [-0.15, -0.1) is 0 Å². The Kier molecular flexibility index (Phi) is 6.94. The summed E-state index contributed by atoms with van der Waals surface area (Å²) in [6, 6.07) is 10.8. The average molecular weight is 476 g/mol. The summed E-state index contributed by atoms with van der Waals surface area (Å²) in [5.41, 5.74) is 3.93. The molecular weight excluding hydrogens is 454 g/mol. The minimum atomic E-state index is -0.474. The largest absolute Gasteiger partial charge is 0.493 e. The number of hydrazone groups is 1. The van der Waals surface area contributed by atoms with Crippen molar-refractivity contribution >= 4 is 39.6 Å². The van der Waals surface area contributed by atoms with Crippen molar-refractivity contribution in [3.05, 3.63) is 46.4 Å². The topological polar surface area (TPSA) is 89.5 Å². The number of amides is 2. The number of ether oxygens (including phenoxy) is 3. The van der Waals surface area contributed by atoms with E-state index < -0.39 is 5.92 Å². The highest BCUT2D eigenvalue weighted by molar-refractivity contribution is 9.10. The van der Waals surface area contributed by atoms with Crippen LogP contribution in [0.5, 0.6) is 17.2 Å². The van der Waals surface area contributed by atoms with Gasteiger partial charge in [0.25, 0.3) is 0 Å². The molecule has 2 amide bonds. The first-order chi connectivity index (χ1) is 14.5. The van der Waals surface area contributed by atoms with E-state index in [2.05, 4.69) is 26.5 Å². The zero-order valence-electron chi connectivity index (χ0n) is 16.8. The van der Waals surface area contributed by atoms with E-state index in [1.165, 1.54) is 27.5 Å². The smallest absolute Gasteiger partial charge is 0.245 e. The monoisotopic (exact) mass is 475 g/mol. The number of hydrogen-bond acceptors (Lipinski definition) is 6. The number of methoxy groups -OCH3 is 3. The van der Waals surface area contributed by atoms with Gasteiger partial charge in [0.05, 0.1) is 33.5 Å². The molecule has 1 aliphatic rings. The van der Waals surface area contributed by atoms with E-state index in [-0.39, 0.29) is 18.2 Å². The maximum absolute atomic E-state index is 12.5. The van der Waals surface area contributed by atoms with Crippen molar-refractivity contribution in [1.29, 1.82) is 0 Å². The summed E-state index contributed by atoms with van der Waals surface area (Å²) in [5, 5.41) is 4.01.